The van der Waals surface area contributed by atoms with Crippen molar-refractivity contribution in [1.29, 1.82) is 0 Å². The standard InChI is InChI=1S/C31H33F2N7O2.CH4/c1-7-24(41)39-18(5)14-38(15-19(39)6)29-20-13-22(33)27(25-21(32)9-8-10-23(25)34)36-30(20)40(31(42)37-29)28-17(4)11-12-35-26(28)16(2)3;/h7-13,16,18-19H,1,14-15,34H2,2-6H3;1H4/t18-,19+;. The van der Waals surface area contributed by atoms with E-state index >= 15 is 8.78 Å². The molecule has 0 spiro atoms. The van der Waals surface area contributed by atoms with Gasteiger partial charge in [-0.3, -0.25) is 9.78 Å². The third-order valence-corrected chi connectivity index (χ3v) is 7.66. The molecule has 0 radical (unpaired) electrons. The van der Waals surface area contributed by atoms with E-state index < -0.39 is 17.3 Å². The number of fused-ring (bicyclic) bond motifs is 1. The molecule has 1 amide bonds. The van der Waals surface area contributed by atoms with Crippen molar-refractivity contribution < 1.29 is 13.6 Å². The van der Waals surface area contributed by atoms with Gasteiger partial charge in [-0.2, -0.15) is 4.98 Å². The normalized spacial score (nSPS) is 16.8. The van der Waals surface area contributed by atoms with Crippen LogP contribution in [0.1, 0.15) is 52.3 Å². The lowest BCUT2D eigenvalue weighted by molar-refractivity contribution is -0.130. The molecule has 1 aromatic carbocycles. The van der Waals surface area contributed by atoms with E-state index in [0.717, 1.165) is 5.56 Å². The second-order valence-electron chi connectivity index (χ2n) is 11.0. The van der Waals surface area contributed by atoms with Crippen molar-refractivity contribution in [3.05, 3.63) is 82.6 Å². The van der Waals surface area contributed by atoms with Gasteiger partial charge in [-0.1, -0.05) is 33.9 Å². The Morgan fingerprint density at radius 3 is 2.40 bits per heavy atom. The van der Waals surface area contributed by atoms with Crippen molar-refractivity contribution in [2.45, 2.75) is 60.0 Å². The molecule has 0 unspecified atom stereocenters. The summed E-state index contributed by atoms with van der Waals surface area (Å²) in [6.45, 7) is 13.8. The maximum Gasteiger partial charge on any atom is 0.355 e. The minimum atomic E-state index is -0.818. The highest BCUT2D eigenvalue weighted by atomic mass is 19.1. The van der Waals surface area contributed by atoms with Crippen LogP contribution < -0.4 is 16.3 Å². The van der Waals surface area contributed by atoms with E-state index in [-0.39, 0.29) is 65.1 Å². The number of hydrogen-bond donors (Lipinski definition) is 1. The summed E-state index contributed by atoms with van der Waals surface area (Å²) in [4.78, 5) is 43.6. The number of aryl methyl sites for hydroxylation is 1. The number of carbonyl (C=O) groups excluding carboxylic acids is 1. The van der Waals surface area contributed by atoms with Crippen LogP contribution in [0.3, 0.4) is 0 Å². The van der Waals surface area contributed by atoms with E-state index in [2.05, 4.69) is 21.5 Å². The zero-order chi connectivity index (χ0) is 30.5. The molecule has 9 nitrogen and oxygen atoms in total. The number of anilines is 2. The number of piperazine rings is 1. The largest absolute Gasteiger partial charge is 0.398 e. The second-order valence-corrected chi connectivity index (χ2v) is 11.0. The van der Waals surface area contributed by atoms with E-state index in [9.17, 15) is 9.59 Å². The van der Waals surface area contributed by atoms with E-state index in [1.54, 1.807) is 17.2 Å². The molecule has 11 heteroatoms. The monoisotopic (exact) mass is 589 g/mol. The van der Waals surface area contributed by atoms with Crippen molar-refractivity contribution in [2.75, 3.05) is 23.7 Å². The average Bonchev–Trinajstić information content (AvgIpc) is 2.92. The molecule has 0 saturated carbocycles. The van der Waals surface area contributed by atoms with Gasteiger partial charge >= 0.3 is 5.69 Å². The third kappa shape index (κ3) is 5.35. The Morgan fingerprint density at radius 1 is 1.12 bits per heavy atom. The van der Waals surface area contributed by atoms with Crippen LogP contribution in [0.15, 0.2) is 54.0 Å². The molecular weight excluding hydrogens is 552 g/mol. The first-order valence-corrected chi connectivity index (χ1v) is 13.8. The summed E-state index contributed by atoms with van der Waals surface area (Å²) >= 11 is 0. The number of nitrogens with two attached hydrogens (primary N) is 1. The van der Waals surface area contributed by atoms with Crippen LogP contribution in [0, 0.1) is 18.6 Å². The smallest absolute Gasteiger partial charge is 0.355 e. The topological polar surface area (TPSA) is 110 Å². The van der Waals surface area contributed by atoms with E-state index in [0.29, 0.717) is 24.5 Å². The molecule has 0 aliphatic carbocycles. The quantitative estimate of drug-likeness (QED) is 0.246. The van der Waals surface area contributed by atoms with Crippen LogP contribution >= 0.6 is 0 Å². The second kappa shape index (κ2) is 11.9. The lowest BCUT2D eigenvalue weighted by Crippen LogP contribution is -2.58. The molecule has 1 aliphatic heterocycles. The summed E-state index contributed by atoms with van der Waals surface area (Å²) in [5.74, 6) is -1.60. The first-order valence-electron chi connectivity index (χ1n) is 13.8. The van der Waals surface area contributed by atoms with Gasteiger partial charge in [0.1, 0.15) is 17.3 Å². The predicted molar refractivity (Wildman–Crippen MR) is 166 cm³/mol. The molecule has 1 fully saturated rings. The fourth-order valence-electron chi connectivity index (χ4n) is 5.83. The molecule has 2 N–H and O–H groups in total. The maximum absolute atomic E-state index is 15.9. The number of carbonyl (C=O) groups is 1. The number of pyridine rings is 2. The molecule has 5 rings (SSSR count). The highest BCUT2D eigenvalue weighted by molar-refractivity contribution is 5.92. The maximum atomic E-state index is 15.9. The van der Waals surface area contributed by atoms with Gasteiger partial charge in [0, 0.05) is 37.1 Å². The first kappa shape index (κ1) is 31.3. The van der Waals surface area contributed by atoms with Gasteiger partial charge in [-0.05, 0) is 62.6 Å². The summed E-state index contributed by atoms with van der Waals surface area (Å²) in [5, 5.41) is 0.256. The molecule has 3 aromatic heterocycles. The molecule has 226 valence electrons. The van der Waals surface area contributed by atoms with Crippen molar-refractivity contribution in [2.24, 2.45) is 0 Å². The van der Waals surface area contributed by atoms with E-state index in [4.69, 9.17) is 5.73 Å². The fourth-order valence-corrected chi connectivity index (χ4v) is 5.83. The van der Waals surface area contributed by atoms with Crippen LogP contribution in [0.4, 0.5) is 20.3 Å². The van der Waals surface area contributed by atoms with Gasteiger partial charge in [0.15, 0.2) is 11.5 Å². The number of halogens is 2. The number of amides is 1. The van der Waals surface area contributed by atoms with Gasteiger partial charge in [0.2, 0.25) is 5.91 Å². The predicted octanol–water partition coefficient (Wildman–Crippen LogP) is 5.38. The zero-order valence-electron chi connectivity index (χ0n) is 24.2. The fraction of sp³-hybridized carbons (Fsp3) is 0.344. The molecule has 1 aliphatic rings. The van der Waals surface area contributed by atoms with Gasteiger partial charge in [0.25, 0.3) is 0 Å². The number of rotatable bonds is 5. The average molecular weight is 590 g/mol. The van der Waals surface area contributed by atoms with Crippen LogP contribution in [0.5, 0.6) is 0 Å². The SMILES string of the molecule is C.C=CC(=O)N1[C@H](C)CN(c2nc(=O)n(-c3c(C)ccnc3C(C)C)c3nc(-c4c(N)cccc4F)c(F)cc23)C[C@@H]1C. The highest BCUT2D eigenvalue weighted by Crippen LogP contribution is 2.35. The minimum absolute atomic E-state index is 0. The lowest BCUT2D eigenvalue weighted by atomic mass is 10.0. The van der Waals surface area contributed by atoms with Crippen molar-refractivity contribution >= 4 is 28.4 Å². The number of benzene rings is 1. The number of nitrogens with zero attached hydrogens (tertiary/aromatic N) is 6. The van der Waals surface area contributed by atoms with Gasteiger partial charge in [-0.25, -0.2) is 23.1 Å². The first-order chi connectivity index (χ1) is 19.9. The van der Waals surface area contributed by atoms with E-state index in [1.807, 2.05) is 39.5 Å². The van der Waals surface area contributed by atoms with Crippen LogP contribution in [0.2, 0.25) is 0 Å². The van der Waals surface area contributed by atoms with Gasteiger partial charge < -0.3 is 15.5 Å². The molecule has 4 heterocycles. The van der Waals surface area contributed by atoms with Gasteiger partial charge in [-0.15, -0.1) is 0 Å². The molecule has 43 heavy (non-hydrogen) atoms. The van der Waals surface area contributed by atoms with Crippen molar-refractivity contribution in [3.8, 4) is 16.9 Å². The Labute approximate surface area is 249 Å². The van der Waals surface area contributed by atoms with Crippen LogP contribution in [-0.4, -0.2) is 55.5 Å². The third-order valence-electron chi connectivity index (χ3n) is 7.66. The molecule has 2 atom stereocenters. The van der Waals surface area contributed by atoms with Gasteiger partial charge in [0.05, 0.1) is 22.3 Å². The molecule has 0 bridgehead atoms. The Balaban J connectivity index is 0.00000423. The number of nitrogen functional groups attached to an aromatic ring is 1. The van der Waals surface area contributed by atoms with E-state index in [1.165, 1.54) is 34.9 Å². The number of aromatic nitrogens is 4. The molecule has 1 saturated heterocycles. The summed E-state index contributed by atoms with van der Waals surface area (Å²) in [5.41, 5.74) is 6.86. The lowest BCUT2D eigenvalue weighted by Gasteiger charge is -2.44. The van der Waals surface area contributed by atoms with Crippen molar-refractivity contribution in [3.63, 3.8) is 0 Å². The Hall–Kier alpha value is -4.67. The highest BCUT2D eigenvalue weighted by Gasteiger charge is 2.34. The Kier molecular flexibility index (Phi) is 8.66. The summed E-state index contributed by atoms with van der Waals surface area (Å²) in [6, 6.07) is 6.56. The number of hydrogen-bond acceptors (Lipinski definition) is 7. The summed E-state index contributed by atoms with van der Waals surface area (Å²) in [6.07, 6.45) is 2.93. The summed E-state index contributed by atoms with van der Waals surface area (Å²) in [7, 11) is 0. The minimum Gasteiger partial charge on any atom is -0.398 e. The Bertz CT molecular complexity index is 1750. The van der Waals surface area contributed by atoms with Crippen LogP contribution in [-0.2, 0) is 4.79 Å². The molecular formula is C32H37F2N7O2. The Morgan fingerprint density at radius 2 is 1.79 bits per heavy atom. The van der Waals surface area contributed by atoms with Crippen molar-refractivity contribution in [1.82, 2.24) is 24.4 Å². The molecule has 4 aromatic rings. The van der Waals surface area contributed by atoms with Crippen LogP contribution in [0.25, 0.3) is 28.0 Å². The zero-order valence-corrected chi connectivity index (χ0v) is 24.2. The summed E-state index contributed by atoms with van der Waals surface area (Å²) < 4.78 is 32.2.